The first kappa shape index (κ1) is 17.1. The second-order valence-electron chi connectivity index (χ2n) is 5.18. The number of halogens is 3. The van der Waals surface area contributed by atoms with Crippen LogP contribution in [0.3, 0.4) is 0 Å². The van der Waals surface area contributed by atoms with Gasteiger partial charge in [-0.2, -0.15) is 0 Å². The van der Waals surface area contributed by atoms with E-state index in [9.17, 15) is 24.0 Å². The van der Waals surface area contributed by atoms with E-state index in [-0.39, 0.29) is 6.54 Å². The van der Waals surface area contributed by atoms with Crippen molar-refractivity contribution in [2.45, 2.75) is 12.5 Å². The van der Waals surface area contributed by atoms with E-state index >= 15 is 0 Å². The van der Waals surface area contributed by atoms with E-state index in [0.29, 0.717) is 22.7 Å². The lowest BCUT2D eigenvalue weighted by atomic mass is 9.96. The zero-order valence-corrected chi connectivity index (χ0v) is 12.8. The lowest BCUT2D eigenvalue weighted by Gasteiger charge is -2.25. The molecule has 0 aliphatic heterocycles. The summed E-state index contributed by atoms with van der Waals surface area (Å²) in [5.41, 5.74) is -2.23. The van der Waals surface area contributed by atoms with Crippen molar-refractivity contribution in [3.8, 4) is 0 Å². The van der Waals surface area contributed by atoms with Crippen LogP contribution in [0.4, 0.5) is 20.2 Å². The molecule has 1 unspecified atom stereocenters. The van der Waals surface area contributed by atoms with E-state index < -0.39 is 33.5 Å². The highest BCUT2D eigenvalue weighted by atomic mass is 35.5. The minimum absolute atomic E-state index is 0.223. The number of rotatable bonds is 5. The summed E-state index contributed by atoms with van der Waals surface area (Å²) in [6, 6.07) is 7.64. The molecule has 23 heavy (non-hydrogen) atoms. The molecule has 0 bridgehead atoms. The van der Waals surface area contributed by atoms with E-state index in [4.69, 9.17) is 11.6 Å². The van der Waals surface area contributed by atoms with Crippen LogP contribution in [0.25, 0.3) is 0 Å². The zero-order chi connectivity index (χ0) is 17.2. The van der Waals surface area contributed by atoms with Gasteiger partial charge in [0.05, 0.1) is 17.1 Å². The number of nitrogens with zero attached hydrogens (tertiary/aromatic N) is 1. The number of nitro benzene ring substituents is 1. The van der Waals surface area contributed by atoms with E-state index in [0.717, 1.165) is 0 Å². The van der Waals surface area contributed by atoms with Crippen molar-refractivity contribution in [3.05, 3.63) is 68.7 Å². The topological polar surface area (TPSA) is 75.4 Å². The minimum Gasteiger partial charge on any atom is -0.384 e. The number of anilines is 1. The van der Waals surface area contributed by atoms with Crippen LogP contribution in [0.1, 0.15) is 12.5 Å². The van der Waals surface area contributed by atoms with Crippen molar-refractivity contribution < 1.29 is 18.8 Å². The van der Waals surface area contributed by atoms with Crippen LogP contribution in [-0.4, -0.2) is 16.6 Å². The number of hydrogen-bond donors (Lipinski definition) is 2. The average molecular weight is 343 g/mol. The van der Waals surface area contributed by atoms with Gasteiger partial charge in [0.2, 0.25) is 0 Å². The largest absolute Gasteiger partial charge is 0.384 e. The molecule has 0 aliphatic rings. The maximum Gasteiger partial charge on any atom is 0.275 e. The van der Waals surface area contributed by atoms with Crippen molar-refractivity contribution in [1.29, 1.82) is 0 Å². The van der Waals surface area contributed by atoms with Crippen LogP contribution in [0.2, 0.25) is 5.02 Å². The Labute approximate surface area is 135 Å². The molecule has 0 heterocycles. The van der Waals surface area contributed by atoms with Crippen LogP contribution < -0.4 is 5.32 Å². The summed E-state index contributed by atoms with van der Waals surface area (Å²) in [5.74, 6) is -2.22. The van der Waals surface area contributed by atoms with Crippen molar-refractivity contribution in [3.63, 3.8) is 0 Å². The summed E-state index contributed by atoms with van der Waals surface area (Å²) in [4.78, 5) is 9.66. The van der Waals surface area contributed by atoms with Gasteiger partial charge in [0, 0.05) is 11.6 Å². The van der Waals surface area contributed by atoms with E-state index in [1.807, 2.05) is 0 Å². The average Bonchev–Trinajstić information content (AvgIpc) is 2.46. The Balaban J connectivity index is 2.22. The fourth-order valence-electron chi connectivity index (χ4n) is 2.02. The van der Waals surface area contributed by atoms with E-state index in [2.05, 4.69) is 5.32 Å². The van der Waals surface area contributed by atoms with Crippen molar-refractivity contribution in [1.82, 2.24) is 0 Å². The molecule has 0 aromatic heterocycles. The quantitative estimate of drug-likeness (QED) is 0.639. The maximum atomic E-state index is 13.8. The molecular formula is C15H13ClF2N2O3. The molecule has 122 valence electrons. The van der Waals surface area contributed by atoms with Crippen LogP contribution in [-0.2, 0) is 5.60 Å². The molecule has 2 aromatic carbocycles. The fourth-order valence-corrected chi connectivity index (χ4v) is 2.21. The molecule has 0 radical (unpaired) electrons. The first-order chi connectivity index (χ1) is 10.7. The number of nitro groups is 1. The molecule has 0 spiro atoms. The monoisotopic (exact) mass is 342 g/mol. The second-order valence-corrected chi connectivity index (χ2v) is 5.62. The predicted octanol–water partition coefficient (Wildman–Crippen LogP) is 3.85. The van der Waals surface area contributed by atoms with Crippen LogP contribution in [0.5, 0.6) is 0 Å². The summed E-state index contributed by atoms with van der Waals surface area (Å²) in [6.07, 6.45) is 0. The molecule has 2 rings (SSSR count). The molecule has 0 saturated heterocycles. The Morgan fingerprint density at radius 2 is 1.91 bits per heavy atom. The van der Waals surface area contributed by atoms with Crippen molar-refractivity contribution in [2.24, 2.45) is 0 Å². The van der Waals surface area contributed by atoms with Crippen LogP contribution in [0.15, 0.2) is 36.4 Å². The van der Waals surface area contributed by atoms with Gasteiger partial charge >= 0.3 is 0 Å². The number of benzene rings is 2. The normalized spacial score (nSPS) is 13.4. The first-order valence-electron chi connectivity index (χ1n) is 6.56. The summed E-state index contributed by atoms with van der Waals surface area (Å²) in [7, 11) is 0. The van der Waals surface area contributed by atoms with Gasteiger partial charge in [0.15, 0.2) is 11.6 Å². The highest BCUT2D eigenvalue weighted by molar-refractivity contribution is 6.30. The maximum absolute atomic E-state index is 13.8. The molecule has 2 N–H and O–H groups in total. The number of non-ortho nitro benzene ring substituents is 1. The van der Waals surface area contributed by atoms with Gasteiger partial charge in [0.25, 0.3) is 5.69 Å². The van der Waals surface area contributed by atoms with Crippen LogP contribution in [0, 0.1) is 21.7 Å². The van der Waals surface area contributed by atoms with Crippen molar-refractivity contribution in [2.75, 3.05) is 11.9 Å². The highest BCUT2D eigenvalue weighted by Gasteiger charge is 2.25. The van der Waals surface area contributed by atoms with Gasteiger partial charge in [-0.1, -0.05) is 23.7 Å². The smallest absolute Gasteiger partial charge is 0.275 e. The summed E-state index contributed by atoms with van der Waals surface area (Å²) in [5, 5.41) is 23.8. The lowest BCUT2D eigenvalue weighted by Crippen LogP contribution is -2.31. The molecule has 0 saturated carbocycles. The van der Waals surface area contributed by atoms with Gasteiger partial charge in [-0.25, -0.2) is 8.78 Å². The predicted molar refractivity (Wildman–Crippen MR) is 82.5 cm³/mol. The third-order valence-corrected chi connectivity index (χ3v) is 3.53. The van der Waals surface area contributed by atoms with Gasteiger partial charge in [-0.15, -0.1) is 0 Å². The van der Waals surface area contributed by atoms with Gasteiger partial charge in [-0.3, -0.25) is 10.1 Å². The lowest BCUT2D eigenvalue weighted by molar-refractivity contribution is -0.385. The van der Waals surface area contributed by atoms with Crippen molar-refractivity contribution >= 4 is 23.0 Å². The molecule has 0 aliphatic carbocycles. The Hall–Kier alpha value is -2.25. The Morgan fingerprint density at radius 1 is 1.30 bits per heavy atom. The summed E-state index contributed by atoms with van der Waals surface area (Å²) in [6.45, 7) is 1.23. The minimum atomic E-state index is -1.45. The van der Waals surface area contributed by atoms with Gasteiger partial charge < -0.3 is 10.4 Å². The molecule has 2 aromatic rings. The molecule has 0 amide bonds. The molecule has 5 nitrogen and oxygen atoms in total. The third-order valence-electron chi connectivity index (χ3n) is 3.29. The number of aliphatic hydroxyl groups is 1. The van der Waals surface area contributed by atoms with Gasteiger partial charge in [0.1, 0.15) is 11.3 Å². The molecule has 0 fully saturated rings. The number of hydrogen-bond acceptors (Lipinski definition) is 4. The zero-order valence-electron chi connectivity index (χ0n) is 12.0. The SMILES string of the molecule is CC(O)(CNc1c(F)cc([N+](=O)[O-])cc1F)c1cccc(Cl)c1. The second kappa shape index (κ2) is 6.47. The van der Waals surface area contributed by atoms with Gasteiger partial charge in [-0.05, 0) is 24.6 Å². The molecular weight excluding hydrogens is 330 g/mol. The van der Waals surface area contributed by atoms with E-state index in [1.165, 1.54) is 13.0 Å². The third kappa shape index (κ3) is 3.94. The Bertz CT molecular complexity index is 730. The Kier molecular flexibility index (Phi) is 4.82. The molecule has 8 heteroatoms. The Morgan fingerprint density at radius 3 is 2.43 bits per heavy atom. The molecule has 1 atom stereocenters. The fraction of sp³-hybridized carbons (Fsp3) is 0.200. The summed E-state index contributed by atoms with van der Waals surface area (Å²) < 4.78 is 27.6. The van der Waals surface area contributed by atoms with Crippen LogP contribution >= 0.6 is 11.6 Å². The highest BCUT2D eigenvalue weighted by Crippen LogP contribution is 2.28. The summed E-state index contributed by atoms with van der Waals surface area (Å²) >= 11 is 5.85. The van der Waals surface area contributed by atoms with E-state index in [1.54, 1.807) is 18.2 Å². The number of nitrogens with one attached hydrogen (secondary N) is 1. The first-order valence-corrected chi connectivity index (χ1v) is 6.94. The standard InChI is InChI=1S/C15H13ClF2N2O3/c1-15(21,9-3-2-4-10(16)5-9)8-19-14-12(17)6-11(20(22)23)7-13(14)18/h2-7,19,21H,8H2,1H3.